The van der Waals surface area contributed by atoms with Gasteiger partial charge in [-0.2, -0.15) is 0 Å². The van der Waals surface area contributed by atoms with E-state index < -0.39 is 21.8 Å². The highest BCUT2D eigenvalue weighted by atomic mass is 32.2. The van der Waals surface area contributed by atoms with Gasteiger partial charge in [0.1, 0.15) is 5.92 Å². The van der Waals surface area contributed by atoms with E-state index in [-0.39, 0.29) is 10.9 Å². The Hall–Kier alpha value is -2.93. The van der Waals surface area contributed by atoms with Gasteiger partial charge >= 0.3 is 5.97 Å². The van der Waals surface area contributed by atoms with Crippen molar-refractivity contribution >= 4 is 27.5 Å². The number of hydrogen-bond donors (Lipinski definition) is 1. The lowest BCUT2D eigenvalue weighted by Gasteiger charge is -2.12. The maximum atomic E-state index is 12.1. The molecule has 25 heavy (non-hydrogen) atoms. The molecular weight excluding hydrogens is 342 g/mol. The van der Waals surface area contributed by atoms with Gasteiger partial charge in [-0.3, -0.25) is 9.59 Å². The molecule has 0 radical (unpaired) electrons. The number of benzene rings is 2. The molecule has 1 N–H and O–H groups in total. The Kier molecular flexibility index (Phi) is 4.41. The Labute approximate surface area is 145 Å². The van der Waals surface area contributed by atoms with E-state index in [1.165, 1.54) is 18.4 Å². The van der Waals surface area contributed by atoms with Crippen LogP contribution < -0.4 is 4.72 Å². The molecule has 1 aliphatic rings. The molecule has 0 aromatic heterocycles. The third-order valence-electron chi connectivity index (χ3n) is 3.76. The fourth-order valence-corrected chi connectivity index (χ4v) is 3.65. The maximum Gasteiger partial charge on any atom is 0.322 e. The standard InChI is InChI=1S/C18H15NO5S/c1-12(20)19-25(22,23)15-9-7-13(8-10-15)16-11-24-18(21)17(16)14-5-3-2-4-6-14/h2-11,17H,1H3,(H,19,20). The van der Waals surface area contributed by atoms with Crippen LogP contribution in [0, 0.1) is 0 Å². The van der Waals surface area contributed by atoms with Crippen LogP contribution in [0.25, 0.3) is 5.57 Å². The first-order chi connectivity index (χ1) is 11.9. The minimum Gasteiger partial charge on any atom is -0.433 e. The fraction of sp³-hybridized carbons (Fsp3) is 0.111. The van der Waals surface area contributed by atoms with E-state index >= 15 is 0 Å². The SMILES string of the molecule is CC(=O)NS(=O)(=O)c1ccc(C2=COC(=O)C2c2ccccc2)cc1. The molecule has 2 aromatic rings. The van der Waals surface area contributed by atoms with E-state index in [2.05, 4.69) is 0 Å². The van der Waals surface area contributed by atoms with Crippen molar-refractivity contribution in [1.82, 2.24) is 4.72 Å². The number of rotatable bonds is 4. The molecule has 0 spiro atoms. The lowest BCUT2D eigenvalue weighted by atomic mass is 9.89. The van der Waals surface area contributed by atoms with Crippen molar-refractivity contribution < 1.29 is 22.7 Å². The van der Waals surface area contributed by atoms with Crippen LogP contribution in [0.5, 0.6) is 0 Å². The molecule has 2 aromatic carbocycles. The van der Waals surface area contributed by atoms with E-state index in [1.54, 1.807) is 12.1 Å². The second-order valence-electron chi connectivity index (χ2n) is 5.54. The first-order valence-electron chi connectivity index (χ1n) is 7.48. The summed E-state index contributed by atoms with van der Waals surface area (Å²) in [7, 11) is -3.89. The minimum absolute atomic E-state index is 0.0337. The predicted molar refractivity (Wildman–Crippen MR) is 90.7 cm³/mol. The largest absolute Gasteiger partial charge is 0.433 e. The van der Waals surface area contributed by atoms with Crippen LogP contribution in [0.4, 0.5) is 0 Å². The number of cyclic esters (lactones) is 1. The second kappa shape index (κ2) is 6.52. The molecule has 1 aliphatic heterocycles. The minimum atomic E-state index is -3.89. The number of carbonyl (C=O) groups excluding carboxylic acids is 2. The van der Waals surface area contributed by atoms with Crippen molar-refractivity contribution in [2.24, 2.45) is 0 Å². The van der Waals surface area contributed by atoms with Crippen LogP contribution in [0.15, 0.2) is 65.8 Å². The van der Waals surface area contributed by atoms with Gasteiger partial charge < -0.3 is 4.74 Å². The van der Waals surface area contributed by atoms with E-state index in [0.717, 1.165) is 12.5 Å². The first kappa shape index (κ1) is 16.9. The Bertz CT molecular complexity index is 947. The number of nitrogens with one attached hydrogen (secondary N) is 1. The molecule has 0 fully saturated rings. The van der Waals surface area contributed by atoms with Gasteiger partial charge in [0.2, 0.25) is 5.91 Å². The van der Waals surface area contributed by atoms with Gasteiger partial charge in [0, 0.05) is 12.5 Å². The zero-order chi connectivity index (χ0) is 18.0. The molecular formula is C18H15NO5S. The lowest BCUT2D eigenvalue weighted by molar-refractivity contribution is -0.136. The summed E-state index contributed by atoms with van der Waals surface area (Å²) < 4.78 is 30.9. The molecule has 1 amide bonds. The van der Waals surface area contributed by atoms with Crippen LogP contribution in [0.3, 0.4) is 0 Å². The third-order valence-corrected chi connectivity index (χ3v) is 5.21. The zero-order valence-electron chi connectivity index (χ0n) is 13.3. The molecule has 0 bridgehead atoms. The second-order valence-corrected chi connectivity index (χ2v) is 7.22. The predicted octanol–water partition coefficient (Wildman–Crippen LogP) is 2.19. The summed E-state index contributed by atoms with van der Waals surface area (Å²) in [4.78, 5) is 23.0. The van der Waals surface area contributed by atoms with Gasteiger partial charge in [0.25, 0.3) is 10.0 Å². The number of amides is 1. The summed E-state index contributed by atoms with van der Waals surface area (Å²) in [5.74, 6) is -1.60. The Morgan fingerprint density at radius 3 is 2.28 bits per heavy atom. The molecule has 0 saturated heterocycles. The van der Waals surface area contributed by atoms with Crippen LogP contribution in [0.1, 0.15) is 24.0 Å². The van der Waals surface area contributed by atoms with Gasteiger partial charge in [-0.05, 0) is 23.3 Å². The van der Waals surface area contributed by atoms with Crippen molar-refractivity contribution in [1.29, 1.82) is 0 Å². The lowest BCUT2D eigenvalue weighted by Crippen LogP contribution is -2.28. The monoisotopic (exact) mass is 357 g/mol. The Balaban J connectivity index is 1.92. The van der Waals surface area contributed by atoms with Gasteiger partial charge in [-0.1, -0.05) is 42.5 Å². The van der Waals surface area contributed by atoms with Crippen molar-refractivity contribution in [3.05, 3.63) is 72.0 Å². The fourth-order valence-electron chi connectivity index (χ4n) is 2.66. The summed E-state index contributed by atoms with van der Waals surface area (Å²) in [6, 6.07) is 15.1. The van der Waals surface area contributed by atoms with Gasteiger partial charge in [-0.25, -0.2) is 13.1 Å². The number of hydrogen-bond acceptors (Lipinski definition) is 5. The van der Waals surface area contributed by atoms with E-state index in [0.29, 0.717) is 11.1 Å². The van der Waals surface area contributed by atoms with Crippen LogP contribution in [0.2, 0.25) is 0 Å². The van der Waals surface area contributed by atoms with E-state index in [1.807, 2.05) is 35.1 Å². The first-order valence-corrected chi connectivity index (χ1v) is 8.96. The summed E-state index contributed by atoms with van der Waals surface area (Å²) in [5.41, 5.74) is 2.12. The van der Waals surface area contributed by atoms with E-state index in [4.69, 9.17) is 4.74 Å². The maximum absolute atomic E-state index is 12.1. The molecule has 128 valence electrons. The highest BCUT2D eigenvalue weighted by Gasteiger charge is 2.32. The number of ether oxygens (including phenoxy) is 1. The van der Waals surface area contributed by atoms with Gasteiger partial charge in [-0.15, -0.1) is 0 Å². The molecule has 1 heterocycles. The highest BCUT2D eigenvalue weighted by molar-refractivity contribution is 7.90. The number of carbonyl (C=O) groups is 2. The van der Waals surface area contributed by atoms with Crippen molar-refractivity contribution in [2.75, 3.05) is 0 Å². The average Bonchev–Trinajstić information content (AvgIpc) is 2.96. The Morgan fingerprint density at radius 2 is 1.68 bits per heavy atom. The van der Waals surface area contributed by atoms with E-state index in [9.17, 15) is 18.0 Å². The zero-order valence-corrected chi connectivity index (χ0v) is 14.1. The number of esters is 1. The Morgan fingerprint density at radius 1 is 1.04 bits per heavy atom. The van der Waals surface area contributed by atoms with Crippen LogP contribution >= 0.6 is 0 Å². The molecule has 7 heteroatoms. The number of sulfonamides is 1. The smallest absolute Gasteiger partial charge is 0.322 e. The molecule has 0 aliphatic carbocycles. The third kappa shape index (κ3) is 3.46. The average molecular weight is 357 g/mol. The summed E-state index contributed by atoms with van der Waals surface area (Å²) in [6.07, 6.45) is 1.39. The van der Waals surface area contributed by atoms with Crippen molar-refractivity contribution in [2.45, 2.75) is 17.7 Å². The van der Waals surface area contributed by atoms with Gasteiger partial charge in [0.05, 0.1) is 11.2 Å². The van der Waals surface area contributed by atoms with Gasteiger partial charge in [0.15, 0.2) is 0 Å². The summed E-state index contributed by atoms with van der Waals surface area (Å²) in [6.45, 7) is 1.13. The molecule has 1 atom stereocenters. The summed E-state index contributed by atoms with van der Waals surface area (Å²) in [5, 5.41) is 0. The molecule has 1 unspecified atom stereocenters. The van der Waals surface area contributed by atoms with Crippen LogP contribution in [-0.4, -0.2) is 20.3 Å². The topological polar surface area (TPSA) is 89.5 Å². The van der Waals surface area contributed by atoms with Crippen molar-refractivity contribution in [3.63, 3.8) is 0 Å². The normalized spacial score (nSPS) is 16.9. The molecule has 6 nitrogen and oxygen atoms in total. The molecule has 3 rings (SSSR count). The quantitative estimate of drug-likeness (QED) is 0.847. The molecule has 0 saturated carbocycles. The van der Waals surface area contributed by atoms with Crippen LogP contribution in [-0.2, 0) is 24.3 Å². The van der Waals surface area contributed by atoms with Crippen molar-refractivity contribution in [3.8, 4) is 0 Å². The highest BCUT2D eigenvalue weighted by Crippen LogP contribution is 2.37. The summed E-state index contributed by atoms with van der Waals surface area (Å²) >= 11 is 0.